The number of amides is 1. The molecule has 0 aliphatic carbocycles. The standard InChI is InChI=1S/C11H12ClN3O3/c1-3-18-11(17)10-8(12)4-5-13-9(10)6-14-15-7(2)16/h4-6H,3H2,1-2H3,(H,15,16). The van der Waals surface area contributed by atoms with Crippen molar-refractivity contribution in [2.45, 2.75) is 13.8 Å². The Balaban J connectivity index is 3.04. The van der Waals surface area contributed by atoms with E-state index < -0.39 is 5.97 Å². The summed E-state index contributed by atoms with van der Waals surface area (Å²) >= 11 is 5.91. The highest BCUT2D eigenvalue weighted by atomic mass is 35.5. The van der Waals surface area contributed by atoms with Crippen LogP contribution in [0.2, 0.25) is 5.02 Å². The number of halogens is 1. The van der Waals surface area contributed by atoms with E-state index in [-0.39, 0.29) is 28.8 Å². The number of carbonyl (C=O) groups is 2. The van der Waals surface area contributed by atoms with Crippen molar-refractivity contribution >= 4 is 29.7 Å². The normalized spacial score (nSPS) is 10.4. The van der Waals surface area contributed by atoms with Gasteiger partial charge >= 0.3 is 5.97 Å². The van der Waals surface area contributed by atoms with Crippen molar-refractivity contribution in [3.63, 3.8) is 0 Å². The molecule has 0 unspecified atom stereocenters. The Morgan fingerprint density at radius 1 is 1.61 bits per heavy atom. The zero-order chi connectivity index (χ0) is 13.5. The fourth-order valence-corrected chi connectivity index (χ4v) is 1.37. The highest BCUT2D eigenvalue weighted by Crippen LogP contribution is 2.18. The largest absolute Gasteiger partial charge is 0.462 e. The second kappa shape index (κ2) is 6.70. The average Bonchev–Trinajstić information content (AvgIpc) is 2.28. The van der Waals surface area contributed by atoms with Gasteiger partial charge in [-0.2, -0.15) is 5.10 Å². The maximum absolute atomic E-state index is 11.7. The minimum Gasteiger partial charge on any atom is -0.462 e. The maximum Gasteiger partial charge on any atom is 0.341 e. The molecule has 0 bridgehead atoms. The molecule has 0 saturated heterocycles. The van der Waals surface area contributed by atoms with Crippen molar-refractivity contribution in [1.82, 2.24) is 10.4 Å². The molecule has 1 N–H and O–H groups in total. The van der Waals surface area contributed by atoms with Crippen LogP contribution in [0.4, 0.5) is 0 Å². The van der Waals surface area contributed by atoms with Crippen molar-refractivity contribution in [2.24, 2.45) is 5.10 Å². The van der Waals surface area contributed by atoms with Gasteiger partial charge in [0.1, 0.15) is 5.56 Å². The molecule has 0 aliphatic heterocycles. The Morgan fingerprint density at radius 2 is 2.33 bits per heavy atom. The summed E-state index contributed by atoms with van der Waals surface area (Å²) in [5.74, 6) is -0.911. The number of ether oxygens (including phenoxy) is 1. The molecule has 1 aromatic heterocycles. The van der Waals surface area contributed by atoms with Crippen LogP contribution in [-0.2, 0) is 9.53 Å². The number of aromatic nitrogens is 1. The molecule has 6 nitrogen and oxygen atoms in total. The lowest BCUT2D eigenvalue weighted by Crippen LogP contribution is -2.14. The number of rotatable bonds is 4. The Morgan fingerprint density at radius 3 is 2.94 bits per heavy atom. The molecule has 0 spiro atoms. The summed E-state index contributed by atoms with van der Waals surface area (Å²) in [4.78, 5) is 26.3. The van der Waals surface area contributed by atoms with Gasteiger partial charge in [0.05, 0.1) is 23.5 Å². The number of esters is 1. The Bertz CT molecular complexity index is 488. The third kappa shape index (κ3) is 3.81. The topological polar surface area (TPSA) is 80.7 Å². The maximum atomic E-state index is 11.7. The van der Waals surface area contributed by atoms with Gasteiger partial charge in [-0.15, -0.1) is 0 Å². The van der Waals surface area contributed by atoms with E-state index in [0.29, 0.717) is 0 Å². The fraction of sp³-hybridized carbons (Fsp3) is 0.273. The molecule has 1 aromatic rings. The smallest absolute Gasteiger partial charge is 0.341 e. The first-order valence-corrected chi connectivity index (χ1v) is 5.55. The number of hydrazone groups is 1. The first kappa shape index (κ1) is 14.1. The summed E-state index contributed by atoms with van der Waals surface area (Å²) in [6, 6.07) is 1.48. The molecule has 18 heavy (non-hydrogen) atoms. The molecule has 1 amide bonds. The summed E-state index contributed by atoms with van der Waals surface area (Å²) in [7, 11) is 0. The van der Waals surface area contributed by atoms with Crippen LogP contribution in [0.15, 0.2) is 17.4 Å². The lowest BCUT2D eigenvalue weighted by atomic mass is 10.2. The molecule has 1 heterocycles. The molecule has 7 heteroatoms. The van der Waals surface area contributed by atoms with Gasteiger partial charge in [-0.05, 0) is 13.0 Å². The zero-order valence-electron chi connectivity index (χ0n) is 9.94. The van der Waals surface area contributed by atoms with E-state index >= 15 is 0 Å². The Hall–Kier alpha value is -1.95. The van der Waals surface area contributed by atoms with Crippen LogP contribution in [0.3, 0.4) is 0 Å². The van der Waals surface area contributed by atoms with E-state index in [4.69, 9.17) is 16.3 Å². The minimum atomic E-state index is -0.583. The van der Waals surface area contributed by atoms with Gasteiger partial charge in [0, 0.05) is 13.1 Å². The highest BCUT2D eigenvalue weighted by Gasteiger charge is 2.16. The molecule has 0 aliphatic rings. The summed E-state index contributed by atoms with van der Waals surface area (Å²) in [6.45, 7) is 3.23. The molecule has 0 atom stereocenters. The van der Waals surface area contributed by atoms with Gasteiger partial charge in [0.2, 0.25) is 5.91 Å². The number of hydrogen-bond donors (Lipinski definition) is 1. The summed E-state index contributed by atoms with van der Waals surface area (Å²) in [5.41, 5.74) is 2.56. The van der Waals surface area contributed by atoms with Crippen molar-refractivity contribution < 1.29 is 14.3 Å². The molecule has 0 fully saturated rings. The first-order chi connectivity index (χ1) is 8.56. The summed E-state index contributed by atoms with van der Waals surface area (Å²) < 4.78 is 4.86. The number of pyridine rings is 1. The van der Waals surface area contributed by atoms with Crippen LogP contribution < -0.4 is 5.43 Å². The van der Waals surface area contributed by atoms with E-state index in [2.05, 4.69) is 15.5 Å². The second-order valence-electron chi connectivity index (χ2n) is 3.20. The van der Waals surface area contributed by atoms with Crippen molar-refractivity contribution in [3.8, 4) is 0 Å². The van der Waals surface area contributed by atoms with Gasteiger partial charge < -0.3 is 4.74 Å². The molecule has 0 radical (unpaired) electrons. The van der Waals surface area contributed by atoms with Crippen LogP contribution in [0.25, 0.3) is 0 Å². The van der Waals surface area contributed by atoms with E-state index in [0.717, 1.165) is 0 Å². The van der Waals surface area contributed by atoms with Crippen LogP contribution in [-0.4, -0.2) is 29.7 Å². The summed E-state index contributed by atoms with van der Waals surface area (Å²) in [5, 5.41) is 3.85. The lowest BCUT2D eigenvalue weighted by molar-refractivity contribution is -0.118. The lowest BCUT2D eigenvalue weighted by Gasteiger charge is -2.06. The number of carbonyl (C=O) groups excluding carboxylic acids is 2. The SMILES string of the molecule is CCOC(=O)c1c(Cl)ccnc1C=NNC(C)=O. The fourth-order valence-electron chi connectivity index (χ4n) is 1.14. The molecule has 96 valence electrons. The number of nitrogens with zero attached hydrogens (tertiary/aromatic N) is 2. The zero-order valence-corrected chi connectivity index (χ0v) is 10.7. The van der Waals surface area contributed by atoms with Gasteiger partial charge in [0.25, 0.3) is 0 Å². The first-order valence-electron chi connectivity index (χ1n) is 5.17. The molecule has 0 saturated carbocycles. The monoisotopic (exact) mass is 269 g/mol. The van der Waals surface area contributed by atoms with E-state index in [1.165, 1.54) is 25.4 Å². The second-order valence-corrected chi connectivity index (χ2v) is 3.61. The minimum absolute atomic E-state index is 0.120. The van der Waals surface area contributed by atoms with Gasteiger partial charge in [-0.25, -0.2) is 10.2 Å². The van der Waals surface area contributed by atoms with Crippen LogP contribution in [0.5, 0.6) is 0 Å². The third-order valence-corrected chi connectivity index (χ3v) is 2.13. The molecular formula is C11H12ClN3O3. The number of nitrogens with one attached hydrogen (secondary N) is 1. The number of hydrogen-bond acceptors (Lipinski definition) is 5. The third-order valence-electron chi connectivity index (χ3n) is 1.82. The van der Waals surface area contributed by atoms with Crippen LogP contribution in [0, 0.1) is 0 Å². The average molecular weight is 270 g/mol. The predicted molar refractivity (Wildman–Crippen MR) is 66.6 cm³/mol. The van der Waals surface area contributed by atoms with Gasteiger partial charge in [-0.3, -0.25) is 9.78 Å². The van der Waals surface area contributed by atoms with Crippen LogP contribution in [0.1, 0.15) is 29.9 Å². The van der Waals surface area contributed by atoms with E-state index in [9.17, 15) is 9.59 Å². The summed E-state index contributed by atoms with van der Waals surface area (Å²) in [6.07, 6.45) is 2.67. The van der Waals surface area contributed by atoms with Crippen molar-refractivity contribution in [3.05, 3.63) is 28.5 Å². The van der Waals surface area contributed by atoms with Crippen molar-refractivity contribution in [2.75, 3.05) is 6.61 Å². The van der Waals surface area contributed by atoms with Crippen LogP contribution >= 0.6 is 11.6 Å². The molecule has 0 aromatic carbocycles. The van der Waals surface area contributed by atoms with Crippen molar-refractivity contribution in [1.29, 1.82) is 0 Å². The quantitative estimate of drug-likeness (QED) is 0.509. The Labute approximate surface area is 109 Å². The Kier molecular flexibility index (Phi) is 5.26. The predicted octanol–water partition coefficient (Wildman–Crippen LogP) is 1.38. The molecular weight excluding hydrogens is 258 g/mol. The van der Waals surface area contributed by atoms with Gasteiger partial charge in [0.15, 0.2) is 0 Å². The van der Waals surface area contributed by atoms with E-state index in [1.54, 1.807) is 6.92 Å². The highest BCUT2D eigenvalue weighted by molar-refractivity contribution is 6.34. The molecule has 1 rings (SSSR count). The van der Waals surface area contributed by atoms with Gasteiger partial charge in [-0.1, -0.05) is 11.6 Å². The van der Waals surface area contributed by atoms with E-state index in [1.807, 2.05) is 0 Å².